The third-order valence-corrected chi connectivity index (χ3v) is 2.87. The molecule has 7 heteroatoms. The average Bonchev–Trinajstić information content (AvgIpc) is 2.04. The average molecular weight is 206 g/mol. The molecule has 0 N–H and O–H groups in total. The second kappa shape index (κ2) is 4.79. The van der Waals surface area contributed by atoms with Gasteiger partial charge in [-0.25, -0.2) is 8.42 Å². The Bertz CT molecular complexity index is 316. The molecular weight excluding hydrogens is 196 g/mol. The maximum absolute atomic E-state index is 11.1. The van der Waals surface area contributed by atoms with Gasteiger partial charge in [0.1, 0.15) is 6.54 Å². The van der Waals surface area contributed by atoms with E-state index in [9.17, 15) is 13.2 Å². The maximum atomic E-state index is 11.1. The summed E-state index contributed by atoms with van der Waals surface area (Å²) in [6.07, 6.45) is 0. The van der Waals surface area contributed by atoms with Crippen molar-refractivity contribution in [2.24, 2.45) is 0 Å². The molecule has 6 nitrogen and oxygen atoms in total. The highest BCUT2D eigenvalue weighted by Gasteiger charge is 2.19. The fraction of sp³-hybridized carbons (Fsp3) is 0.667. The van der Waals surface area contributed by atoms with Crippen molar-refractivity contribution in [3.8, 4) is 6.07 Å². The molecule has 0 aromatic rings. The van der Waals surface area contributed by atoms with Crippen molar-refractivity contribution in [3.63, 3.8) is 0 Å². The molecule has 0 aliphatic heterocycles. The van der Waals surface area contributed by atoms with Crippen molar-refractivity contribution in [3.05, 3.63) is 0 Å². The highest BCUT2D eigenvalue weighted by atomic mass is 32.2. The lowest BCUT2D eigenvalue weighted by molar-refractivity contribution is -0.140. The molecular formula is C6H10N2O4S. The van der Waals surface area contributed by atoms with Gasteiger partial charge >= 0.3 is 5.97 Å². The molecule has 74 valence electrons. The number of sulfonamides is 1. The molecule has 0 saturated heterocycles. The van der Waals surface area contributed by atoms with Gasteiger partial charge in [0.2, 0.25) is 10.0 Å². The van der Waals surface area contributed by atoms with E-state index >= 15 is 0 Å². The van der Waals surface area contributed by atoms with E-state index in [1.54, 1.807) is 0 Å². The first-order valence-electron chi connectivity index (χ1n) is 3.32. The van der Waals surface area contributed by atoms with E-state index in [4.69, 9.17) is 5.26 Å². The zero-order valence-electron chi connectivity index (χ0n) is 7.35. The summed E-state index contributed by atoms with van der Waals surface area (Å²) in [7, 11) is -1.27. The lowest BCUT2D eigenvalue weighted by atomic mass is 10.7. The zero-order valence-corrected chi connectivity index (χ0v) is 8.17. The Morgan fingerprint density at radius 3 is 2.54 bits per heavy atom. The van der Waals surface area contributed by atoms with Gasteiger partial charge in [0.05, 0.1) is 13.2 Å². The van der Waals surface area contributed by atoms with Gasteiger partial charge in [0, 0.05) is 7.05 Å². The van der Waals surface area contributed by atoms with Gasteiger partial charge < -0.3 is 4.74 Å². The fourth-order valence-electron chi connectivity index (χ4n) is 0.536. The smallest absolute Gasteiger partial charge is 0.320 e. The van der Waals surface area contributed by atoms with E-state index in [0.29, 0.717) is 0 Å². The molecule has 0 amide bonds. The monoisotopic (exact) mass is 206 g/mol. The lowest BCUT2D eigenvalue weighted by Crippen LogP contribution is -2.34. The molecule has 0 bridgehead atoms. The topological polar surface area (TPSA) is 87.5 Å². The van der Waals surface area contributed by atoms with Crippen LogP contribution in [0.1, 0.15) is 0 Å². The van der Waals surface area contributed by atoms with Gasteiger partial charge in [-0.2, -0.15) is 9.57 Å². The van der Waals surface area contributed by atoms with Gasteiger partial charge in [-0.3, -0.25) is 4.79 Å². The third kappa shape index (κ3) is 3.87. The molecule has 0 saturated carbocycles. The molecule has 0 aromatic heterocycles. The van der Waals surface area contributed by atoms with Gasteiger partial charge in [0.25, 0.3) is 0 Å². The summed E-state index contributed by atoms with van der Waals surface area (Å²) in [5.74, 6) is -1.30. The van der Waals surface area contributed by atoms with Gasteiger partial charge in [0.15, 0.2) is 5.75 Å². The molecule has 0 aliphatic rings. The SMILES string of the molecule is COC(=O)CN(C)S(=O)(=O)CC#N. The first-order chi connectivity index (χ1) is 5.94. The molecule has 0 aliphatic carbocycles. The molecule has 0 aromatic carbocycles. The van der Waals surface area contributed by atoms with Crippen LogP contribution in [0.3, 0.4) is 0 Å². The Balaban J connectivity index is 4.36. The minimum atomic E-state index is -3.64. The molecule has 0 radical (unpaired) electrons. The summed E-state index contributed by atoms with van der Waals surface area (Å²) in [6, 6.07) is 1.50. The number of likely N-dealkylation sites (N-methyl/N-ethyl adjacent to an activating group) is 1. The van der Waals surface area contributed by atoms with E-state index in [-0.39, 0.29) is 6.54 Å². The first-order valence-corrected chi connectivity index (χ1v) is 4.92. The summed E-state index contributed by atoms with van der Waals surface area (Å²) < 4.78 is 27.2. The number of esters is 1. The molecule has 0 fully saturated rings. The highest BCUT2D eigenvalue weighted by Crippen LogP contribution is 1.96. The minimum absolute atomic E-state index is 0.374. The van der Waals surface area contributed by atoms with Crippen LogP contribution in [0.5, 0.6) is 0 Å². The molecule has 0 rings (SSSR count). The maximum Gasteiger partial charge on any atom is 0.320 e. The second-order valence-electron chi connectivity index (χ2n) is 2.25. The largest absolute Gasteiger partial charge is 0.468 e. The van der Waals surface area contributed by atoms with Crippen LogP contribution in [0.25, 0.3) is 0 Å². The molecule has 0 spiro atoms. The van der Waals surface area contributed by atoms with Crippen LogP contribution in [0.4, 0.5) is 0 Å². The first kappa shape index (κ1) is 11.9. The number of ether oxygens (including phenoxy) is 1. The van der Waals surface area contributed by atoms with Crippen LogP contribution >= 0.6 is 0 Å². The summed E-state index contributed by atoms with van der Waals surface area (Å²) in [4.78, 5) is 10.7. The number of nitriles is 1. The van der Waals surface area contributed by atoms with E-state index in [0.717, 1.165) is 11.4 Å². The van der Waals surface area contributed by atoms with Gasteiger partial charge in [-0.15, -0.1) is 0 Å². The van der Waals surface area contributed by atoms with E-state index in [1.807, 2.05) is 0 Å². The third-order valence-electron chi connectivity index (χ3n) is 1.30. The minimum Gasteiger partial charge on any atom is -0.468 e. The van der Waals surface area contributed by atoms with Crippen molar-refractivity contribution in [1.29, 1.82) is 5.26 Å². The Hall–Kier alpha value is -1.13. The fourth-order valence-corrected chi connectivity index (χ4v) is 1.22. The van der Waals surface area contributed by atoms with Gasteiger partial charge in [-0.05, 0) is 0 Å². The van der Waals surface area contributed by atoms with Crippen molar-refractivity contribution < 1.29 is 17.9 Å². The van der Waals surface area contributed by atoms with Crippen LogP contribution in [0.15, 0.2) is 0 Å². The van der Waals surface area contributed by atoms with Crippen LogP contribution in [0.2, 0.25) is 0 Å². The predicted octanol–water partition coefficient (Wildman–Crippen LogP) is -1.06. The lowest BCUT2D eigenvalue weighted by Gasteiger charge is -2.12. The number of carbonyl (C=O) groups is 1. The van der Waals surface area contributed by atoms with Crippen molar-refractivity contribution in [2.45, 2.75) is 0 Å². The number of hydrogen-bond donors (Lipinski definition) is 0. The summed E-state index contributed by atoms with van der Waals surface area (Å²) >= 11 is 0. The predicted molar refractivity (Wildman–Crippen MR) is 44.0 cm³/mol. The quantitative estimate of drug-likeness (QED) is 0.547. The van der Waals surface area contributed by atoms with Crippen molar-refractivity contribution >= 4 is 16.0 Å². The van der Waals surface area contributed by atoms with Crippen LogP contribution in [0, 0.1) is 11.3 Å². The Kier molecular flexibility index (Phi) is 4.37. The van der Waals surface area contributed by atoms with Gasteiger partial charge in [-0.1, -0.05) is 0 Å². The van der Waals surface area contributed by atoms with E-state index < -0.39 is 21.7 Å². The molecule has 0 heterocycles. The van der Waals surface area contributed by atoms with E-state index in [2.05, 4.69) is 4.74 Å². The summed E-state index contributed by atoms with van der Waals surface area (Å²) in [5.41, 5.74) is 0. The number of hydrogen-bond acceptors (Lipinski definition) is 5. The molecule has 0 atom stereocenters. The molecule has 13 heavy (non-hydrogen) atoms. The number of methoxy groups -OCH3 is 1. The zero-order chi connectivity index (χ0) is 10.5. The summed E-state index contributed by atoms with van der Waals surface area (Å²) in [6.45, 7) is -0.374. The normalized spacial score (nSPS) is 10.9. The highest BCUT2D eigenvalue weighted by molar-refractivity contribution is 7.89. The van der Waals surface area contributed by atoms with Crippen molar-refractivity contribution in [1.82, 2.24) is 4.31 Å². The number of rotatable bonds is 4. The molecule has 0 unspecified atom stereocenters. The number of nitrogens with zero attached hydrogens (tertiary/aromatic N) is 2. The van der Waals surface area contributed by atoms with Crippen LogP contribution < -0.4 is 0 Å². The second-order valence-corrected chi connectivity index (χ2v) is 4.32. The van der Waals surface area contributed by atoms with Crippen molar-refractivity contribution in [2.75, 3.05) is 26.5 Å². The Morgan fingerprint density at radius 1 is 1.62 bits per heavy atom. The Morgan fingerprint density at radius 2 is 2.15 bits per heavy atom. The Labute approximate surface area is 76.8 Å². The van der Waals surface area contributed by atoms with E-state index in [1.165, 1.54) is 13.1 Å². The number of carbonyl (C=O) groups excluding carboxylic acids is 1. The standard InChI is InChI=1S/C6H10N2O4S/c1-8(5-6(9)12-2)13(10,11)4-3-7/h4-5H2,1-2H3. The van der Waals surface area contributed by atoms with Crippen LogP contribution in [-0.4, -0.2) is 45.1 Å². The summed E-state index contributed by atoms with van der Waals surface area (Å²) in [5, 5.41) is 8.17. The van der Waals surface area contributed by atoms with Crippen LogP contribution in [-0.2, 0) is 19.6 Å².